The Balaban J connectivity index is 1.40. The Morgan fingerprint density at radius 2 is 1.90 bits per heavy atom. The monoisotopic (exact) mass is 561 g/mol. The van der Waals surface area contributed by atoms with Gasteiger partial charge in [0.05, 0.1) is 18.5 Å². The lowest BCUT2D eigenvalue weighted by Crippen LogP contribution is -2.40. The number of aromatic nitrogens is 4. The summed E-state index contributed by atoms with van der Waals surface area (Å²) in [7, 11) is -4.26. The van der Waals surface area contributed by atoms with Crippen molar-refractivity contribution in [2.24, 2.45) is 11.8 Å². The smallest absolute Gasteiger partial charge is 0.459 e. The third-order valence-corrected chi connectivity index (χ3v) is 8.83. The van der Waals surface area contributed by atoms with Gasteiger partial charge >= 0.3 is 13.7 Å². The standard InChI is InChI=1S/C24H32N7O7P/c1-11(2)36-22(33)13(4)30-39(35,37-14-8-6-5-7-9-14)38-19-15-12(3)17(18(32)24(15,19)34)31-10-27-16-20(25)28-23(26)29-21(16)31/h5-13,15,17-19,32,34H,1-4H3,(H,30,35)(H4,25,26,28,29)/t12-,13-,15+,17+,18-,19?,24+,39+/m0/s1. The van der Waals surface area contributed by atoms with Crippen LogP contribution in [0.15, 0.2) is 36.7 Å². The second-order valence-electron chi connectivity index (χ2n) is 10.3. The zero-order valence-electron chi connectivity index (χ0n) is 21.8. The van der Waals surface area contributed by atoms with Gasteiger partial charge in [0.1, 0.15) is 35.1 Å². The highest BCUT2D eigenvalue weighted by Gasteiger charge is 2.79. The Bertz CT molecular complexity index is 1440. The molecule has 14 nitrogen and oxygen atoms in total. The molecule has 0 aliphatic heterocycles. The van der Waals surface area contributed by atoms with Crippen LogP contribution in [0.4, 0.5) is 11.8 Å². The van der Waals surface area contributed by atoms with E-state index < -0.39 is 55.4 Å². The molecule has 2 aromatic heterocycles. The van der Waals surface area contributed by atoms with E-state index in [9.17, 15) is 19.6 Å². The lowest BCUT2D eigenvalue weighted by molar-refractivity contribution is -0.149. The molecule has 1 aromatic carbocycles. The SMILES string of the molecule is CC(C)OC(=O)[C@H](C)N[P@@](=O)(Oc1ccccc1)OC1[C@H]2[C@H](C)[C@@H](n3cnc4c(N)nc(N)nc43)[C@H](O)[C@@]12O. The summed E-state index contributed by atoms with van der Waals surface area (Å²) >= 11 is 0. The lowest BCUT2D eigenvalue weighted by Gasteiger charge is -2.30. The highest BCUT2D eigenvalue weighted by molar-refractivity contribution is 7.52. The molecule has 0 saturated heterocycles. The van der Waals surface area contributed by atoms with Crippen LogP contribution in [0, 0.1) is 11.8 Å². The lowest BCUT2D eigenvalue weighted by atomic mass is 9.97. The number of imidazole rings is 1. The van der Waals surface area contributed by atoms with Gasteiger partial charge in [0.25, 0.3) is 0 Å². The Hall–Kier alpha value is -3.29. The molecule has 5 rings (SSSR count). The molecule has 15 heteroatoms. The van der Waals surface area contributed by atoms with Crippen molar-refractivity contribution in [1.29, 1.82) is 0 Å². The average Bonchev–Trinajstić information content (AvgIpc) is 3.11. The quantitative estimate of drug-likeness (QED) is 0.185. The molecule has 2 saturated carbocycles. The van der Waals surface area contributed by atoms with E-state index >= 15 is 0 Å². The molecular weight excluding hydrogens is 529 g/mol. The van der Waals surface area contributed by atoms with Gasteiger partial charge in [-0.2, -0.15) is 15.1 Å². The Morgan fingerprint density at radius 1 is 1.21 bits per heavy atom. The molecule has 210 valence electrons. The maximum absolute atomic E-state index is 14.0. The predicted octanol–water partition coefficient (Wildman–Crippen LogP) is 1.41. The maximum Gasteiger partial charge on any atom is 0.459 e. The first kappa shape index (κ1) is 27.3. The van der Waals surface area contributed by atoms with Crippen molar-refractivity contribution in [3.8, 4) is 5.75 Å². The Kier molecular flexibility index (Phi) is 6.80. The molecule has 39 heavy (non-hydrogen) atoms. The summed E-state index contributed by atoms with van der Waals surface area (Å²) in [5, 5.41) is 25.5. The van der Waals surface area contributed by atoms with Crippen molar-refractivity contribution in [3.05, 3.63) is 36.7 Å². The Morgan fingerprint density at radius 3 is 2.51 bits per heavy atom. The molecule has 2 heterocycles. The predicted molar refractivity (Wildman–Crippen MR) is 140 cm³/mol. The fourth-order valence-corrected chi connectivity index (χ4v) is 7.16. The van der Waals surface area contributed by atoms with Crippen molar-refractivity contribution >= 4 is 36.6 Å². The zero-order valence-corrected chi connectivity index (χ0v) is 22.7. The molecule has 2 aliphatic rings. The largest absolute Gasteiger partial charge is 0.462 e. The highest BCUT2D eigenvalue weighted by atomic mass is 31.2. The van der Waals surface area contributed by atoms with E-state index in [1.54, 1.807) is 48.7 Å². The van der Waals surface area contributed by atoms with Gasteiger partial charge in [0, 0.05) is 5.92 Å². The maximum atomic E-state index is 14.0. The van der Waals surface area contributed by atoms with Crippen LogP contribution in [0.25, 0.3) is 11.2 Å². The van der Waals surface area contributed by atoms with E-state index in [1.807, 2.05) is 6.92 Å². The minimum atomic E-state index is -4.26. The van der Waals surface area contributed by atoms with Crippen LogP contribution in [0.3, 0.4) is 0 Å². The number of hydrogen-bond donors (Lipinski definition) is 5. The van der Waals surface area contributed by atoms with Crippen molar-refractivity contribution in [2.75, 3.05) is 11.5 Å². The van der Waals surface area contributed by atoms with Crippen LogP contribution < -0.4 is 21.1 Å². The van der Waals surface area contributed by atoms with Gasteiger partial charge in [-0.15, -0.1) is 0 Å². The number of nitrogens with two attached hydrogens (primary N) is 2. The summed E-state index contributed by atoms with van der Waals surface area (Å²) in [6, 6.07) is 6.56. The van der Waals surface area contributed by atoms with E-state index in [4.69, 9.17) is 25.3 Å². The van der Waals surface area contributed by atoms with Crippen LogP contribution in [0.2, 0.25) is 0 Å². The fraction of sp³-hybridized carbons (Fsp3) is 0.500. The van der Waals surface area contributed by atoms with Gasteiger partial charge in [0.2, 0.25) is 5.95 Å². The number of ether oxygens (including phenoxy) is 1. The number of para-hydroxylation sites is 1. The molecular formula is C24H32N7O7P. The number of benzene rings is 1. The number of esters is 1. The number of hydrogen-bond acceptors (Lipinski definition) is 12. The number of aliphatic hydroxyl groups is 2. The van der Waals surface area contributed by atoms with Gasteiger partial charge in [-0.3, -0.25) is 9.32 Å². The molecule has 2 fully saturated rings. The average molecular weight is 562 g/mol. The number of nitrogen functional groups attached to an aromatic ring is 2. The van der Waals surface area contributed by atoms with Crippen LogP contribution in [-0.4, -0.2) is 65.7 Å². The summed E-state index contributed by atoms with van der Waals surface area (Å²) < 4.78 is 32.4. The summed E-state index contributed by atoms with van der Waals surface area (Å²) in [6.45, 7) is 6.67. The van der Waals surface area contributed by atoms with Crippen molar-refractivity contribution in [3.63, 3.8) is 0 Å². The number of carbonyl (C=O) groups is 1. The topological polar surface area (TPSA) is 210 Å². The first-order valence-corrected chi connectivity index (χ1v) is 14.1. The number of nitrogens with one attached hydrogen (secondary N) is 1. The molecule has 8 atom stereocenters. The second-order valence-corrected chi connectivity index (χ2v) is 11.9. The molecule has 7 N–H and O–H groups in total. The number of nitrogens with zero attached hydrogens (tertiary/aromatic N) is 4. The van der Waals surface area contributed by atoms with Gasteiger partial charge < -0.3 is 35.5 Å². The molecule has 3 aromatic rings. The van der Waals surface area contributed by atoms with Gasteiger partial charge in [0.15, 0.2) is 11.5 Å². The van der Waals surface area contributed by atoms with E-state index in [0.717, 1.165) is 0 Å². The van der Waals surface area contributed by atoms with Crippen molar-refractivity contribution in [1.82, 2.24) is 24.6 Å². The summed E-state index contributed by atoms with van der Waals surface area (Å²) in [4.78, 5) is 24.8. The van der Waals surface area contributed by atoms with E-state index in [2.05, 4.69) is 20.0 Å². The van der Waals surface area contributed by atoms with Crippen molar-refractivity contribution < 1.29 is 33.4 Å². The molecule has 2 aliphatic carbocycles. The molecule has 0 bridgehead atoms. The van der Waals surface area contributed by atoms with E-state index in [-0.39, 0.29) is 23.6 Å². The minimum Gasteiger partial charge on any atom is -0.462 e. The third-order valence-electron chi connectivity index (χ3n) is 7.17. The summed E-state index contributed by atoms with van der Waals surface area (Å²) in [5.41, 5.74) is 10.6. The molecule has 1 unspecified atom stereocenters. The van der Waals surface area contributed by atoms with Crippen LogP contribution in [0.5, 0.6) is 5.75 Å². The molecule has 0 amide bonds. The number of fused-ring (bicyclic) bond motifs is 2. The number of anilines is 2. The van der Waals surface area contributed by atoms with Gasteiger partial charge in [-0.1, -0.05) is 25.1 Å². The highest BCUT2D eigenvalue weighted by Crippen LogP contribution is 2.67. The first-order chi connectivity index (χ1) is 18.4. The fourth-order valence-electron chi connectivity index (χ4n) is 5.43. The summed E-state index contributed by atoms with van der Waals surface area (Å²) in [6.07, 6.45) is -1.35. The van der Waals surface area contributed by atoms with E-state index in [1.165, 1.54) is 13.3 Å². The Labute approximate surface area is 224 Å². The molecule has 0 radical (unpaired) electrons. The number of aliphatic hydroxyl groups excluding tert-OH is 1. The summed E-state index contributed by atoms with van der Waals surface area (Å²) in [5.74, 6) is -1.40. The zero-order chi connectivity index (χ0) is 28.3. The first-order valence-electron chi connectivity index (χ1n) is 12.5. The normalized spacial score (nSPS) is 30.1. The number of rotatable bonds is 9. The number of carbonyl (C=O) groups excluding carboxylic acids is 1. The minimum absolute atomic E-state index is 0.0536. The van der Waals surface area contributed by atoms with Crippen LogP contribution in [0.1, 0.15) is 33.7 Å². The third kappa shape index (κ3) is 4.72. The van der Waals surface area contributed by atoms with Crippen molar-refractivity contribution in [2.45, 2.75) is 63.7 Å². The van der Waals surface area contributed by atoms with E-state index in [0.29, 0.717) is 11.2 Å². The molecule has 0 spiro atoms. The van der Waals surface area contributed by atoms with Crippen LogP contribution in [-0.2, 0) is 18.6 Å². The van der Waals surface area contributed by atoms with Gasteiger partial charge in [-0.05, 0) is 38.8 Å². The van der Waals surface area contributed by atoms with Crippen LogP contribution >= 0.6 is 7.75 Å². The second kappa shape index (κ2) is 9.72. The van der Waals surface area contributed by atoms with Gasteiger partial charge in [-0.25, -0.2) is 9.55 Å².